The zero-order valence-electron chi connectivity index (χ0n) is 10.5. The van der Waals surface area contributed by atoms with Crippen molar-refractivity contribution in [2.45, 2.75) is 31.3 Å². The van der Waals surface area contributed by atoms with Crippen LogP contribution >= 0.6 is 0 Å². The van der Waals surface area contributed by atoms with Crippen LogP contribution in [0.1, 0.15) is 19.3 Å². The van der Waals surface area contributed by atoms with E-state index in [4.69, 9.17) is 21.1 Å². The van der Waals surface area contributed by atoms with Crippen molar-refractivity contribution < 1.29 is 34.5 Å². The van der Waals surface area contributed by atoms with Gasteiger partial charge in [-0.25, -0.2) is 9.59 Å². The number of nitrogens with one attached hydrogen (secondary N) is 2. The van der Waals surface area contributed by atoms with Crippen LogP contribution in [0.15, 0.2) is 0 Å². The number of carboxylic acid groups (broad SMARTS) is 3. The molecule has 0 heterocycles. The second kappa shape index (κ2) is 8.69. The fourth-order valence-corrected chi connectivity index (χ4v) is 1.20. The number of hydrogen-bond donors (Lipinski definition) is 6. The topological polar surface area (TPSA) is 179 Å². The number of hydrogen-bond acceptors (Lipinski definition) is 5. The summed E-state index contributed by atoms with van der Waals surface area (Å²) in [4.78, 5) is 42.9. The number of urea groups is 1. The molecule has 0 radical (unpaired) electrons. The number of carbonyl (C=O) groups is 4. The minimum Gasteiger partial charge on any atom is -0.481 e. The Morgan fingerprint density at radius 3 is 2.05 bits per heavy atom. The molecular formula is C10H17N3O7. The van der Waals surface area contributed by atoms with Gasteiger partial charge in [0.2, 0.25) is 0 Å². The first-order valence-electron chi connectivity index (χ1n) is 5.71. The highest BCUT2D eigenvalue weighted by atomic mass is 16.4. The van der Waals surface area contributed by atoms with Gasteiger partial charge >= 0.3 is 23.9 Å². The summed E-state index contributed by atoms with van der Waals surface area (Å²) in [5, 5.41) is 30.0. The van der Waals surface area contributed by atoms with Crippen molar-refractivity contribution in [1.82, 2.24) is 10.6 Å². The lowest BCUT2D eigenvalue weighted by molar-refractivity contribution is -0.141. The molecule has 0 saturated heterocycles. The van der Waals surface area contributed by atoms with Gasteiger partial charge in [-0.1, -0.05) is 0 Å². The van der Waals surface area contributed by atoms with Crippen LogP contribution in [0.2, 0.25) is 0 Å². The van der Waals surface area contributed by atoms with E-state index in [2.05, 4.69) is 10.6 Å². The maximum absolute atomic E-state index is 11.3. The lowest BCUT2D eigenvalue weighted by atomic mass is 10.1. The Morgan fingerprint density at radius 1 is 1.00 bits per heavy atom. The SMILES string of the molecule is N[C@H](CCNC(=O)N[C@@H](CCC(=O)O)C(=O)O)C(=O)O. The summed E-state index contributed by atoms with van der Waals surface area (Å²) in [6.45, 7) is -0.0510. The van der Waals surface area contributed by atoms with Crippen LogP contribution in [0.5, 0.6) is 0 Å². The van der Waals surface area contributed by atoms with Gasteiger partial charge in [0.1, 0.15) is 12.1 Å². The highest BCUT2D eigenvalue weighted by Gasteiger charge is 2.21. The van der Waals surface area contributed by atoms with Gasteiger partial charge in [-0.05, 0) is 12.8 Å². The highest BCUT2D eigenvalue weighted by molar-refractivity contribution is 5.83. The van der Waals surface area contributed by atoms with Gasteiger partial charge in [-0.3, -0.25) is 9.59 Å². The summed E-state index contributed by atoms with van der Waals surface area (Å²) >= 11 is 0. The molecule has 0 aliphatic heterocycles. The fourth-order valence-electron chi connectivity index (χ4n) is 1.20. The third-order valence-electron chi connectivity index (χ3n) is 2.31. The number of rotatable bonds is 9. The molecule has 0 rings (SSSR count). The molecule has 0 bridgehead atoms. The second-order valence-electron chi connectivity index (χ2n) is 3.96. The van der Waals surface area contributed by atoms with Gasteiger partial charge < -0.3 is 31.7 Å². The summed E-state index contributed by atoms with van der Waals surface area (Å²) in [5.74, 6) is -3.74. The predicted octanol–water partition coefficient (Wildman–Crippen LogP) is -1.59. The first kappa shape index (κ1) is 17.6. The highest BCUT2D eigenvalue weighted by Crippen LogP contribution is 1.98. The smallest absolute Gasteiger partial charge is 0.326 e. The zero-order valence-corrected chi connectivity index (χ0v) is 10.5. The largest absolute Gasteiger partial charge is 0.481 e. The van der Waals surface area contributed by atoms with Crippen molar-refractivity contribution in [3.8, 4) is 0 Å². The van der Waals surface area contributed by atoms with Crippen LogP contribution in [0.4, 0.5) is 4.79 Å². The van der Waals surface area contributed by atoms with E-state index < -0.39 is 42.4 Å². The Balaban J connectivity index is 4.10. The normalized spacial score (nSPS) is 13.1. The molecule has 0 unspecified atom stereocenters. The number of aliphatic carboxylic acids is 3. The van der Waals surface area contributed by atoms with Gasteiger partial charge in [0, 0.05) is 13.0 Å². The van der Waals surface area contributed by atoms with Gasteiger partial charge in [0.25, 0.3) is 0 Å². The van der Waals surface area contributed by atoms with E-state index in [0.29, 0.717) is 0 Å². The van der Waals surface area contributed by atoms with Crippen molar-refractivity contribution in [3.05, 3.63) is 0 Å². The van der Waals surface area contributed by atoms with Crippen LogP contribution < -0.4 is 16.4 Å². The maximum atomic E-state index is 11.3. The molecule has 114 valence electrons. The summed E-state index contributed by atoms with van der Waals surface area (Å²) in [5.41, 5.74) is 5.20. The van der Waals surface area contributed by atoms with Crippen molar-refractivity contribution in [2.24, 2.45) is 5.73 Å². The third kappa shape index (κ3) is 7.87. The molecule has 7 N–H and O–H groups in total. The monoisotopic (exact) mass is 291 g/mol. The lowest BCUT2D eigenvalue weighted by Gasteiger charge is -2.14. The predicted molar refractivity (Wildman–Crippen MR) is 65.1 cm³/mol. The van der Waals surface area contributed by atoms with Gasteiger partial charge in [0.05, 0.1) is 0 Å². The molecule has 0 saturated carbocycles. The molecular weight excluding hydrogens is 274 g/mol. The molecule has 10 nitrogen and oxygen atoms in total. The summed E-state index contributed by atoms with van der Waals surface area (Å²) in [6.07, 6.45) is -0.677. The van der Waals surface area contributed by atoms with E-state index in [-0.39, 0.29) is 19.4 Å². The van der Waals surface area contributed by atoms with E-state index in [1.807, 2.05) is 0 Å². The molecule has 10 heteroatoms. The molecule has 0 aromatic carbocycles. The average Bonchev–Trinajstić information content (AvgIpc) is 2.33. The Bertz CT molecular complexity index is 385. The second-order valence-corrected chi connectivity index (χ2v) is 3.96. The number of nitrogens with two attached hydrogens (primary N) is 1. The van der Waals surface area contributed by atoms with Gasteiger partial charge in [-0.15, -0.1) is 0 Å². The van der Waals surface area contributed by atoms with E-state index >= 15 is 0 Å². The van der Waals surface area contributed by atoms with Crippen LogP contribution in [0.25, 0.3) is 0 Å². The third-order valence-corrected chi connectivity index (χ3v) is 2.31. The maximum Gasteiger partial charge on any atom is 0.326 e. The average molecular weight is 291 g/mol. The van der Waals surface area contributed by atoms with Gasteiger partial charge in [-0.2, -0.15) is 0 Å². The van der Waals surface area contributed by atoms with Crippen LogP contribution in [0, 0.1) is 0 Å². The van der Waals surface area contributed by atoms with E-state index in [1.165, 1.54) is 0 Å². The molecule has 20 heavy (non-hydrogen) atoms. The van der Waals surface area contributed by atoms with Crippen LogP contribution in [-0.2, 0) is 14.4 Å². The Labute approximate surface area is 113 Å². The van der Waals surface area contributed by atoms with Crippen molar-refractivity contribution in [1.29, 1.82) is 0 Å². The van der Waals surface area contributed by atoms with E-state index in [9.17, 15) is 19.2 Å². The molecule has 0 aromatic rings. The molecule has 0 fully saturated rings. The number of carboxylic acids is 3. The summed E-state index contributed by atoms with van der Waals surface area (Å²) in [7, 11) is 0. The van der Waals surface area contributed by atoms with Crippen molar-refractivity contribution >= 4 is 23.9 Å². The van der Waals surface area contributed by atoms with E-state index in [0.717, 1.165) is 0 Å². The standard InChI is InChI=1S/C10H17N3O7/c11-5(8(16)17)3-4-12-10(20)13-6(9(18)19)1-2-7(14)15/h5-6H,1-4,11H2,(H,14,15)(H,16,17)(H,18,19)(H2,12,13,20)/t5-,6+/m1/s1. The summed E-state index contributed by atoms with van der Waals surface area (Å²) < 4.78 is 0. The minimum atomic E-state index is -1.36. The number of amides is 2. The van der Waals surface area contributed by atoms with Crippen LogP contribution in [0.3, 0.4) is 0 Å². The van der Waals surface area contributed by atoms with Crippen molar-refractivity contribution in [3.63, 3.8) is 0 Å². The molecule has 0 aromatic heterocycles. The van der Waals surface area contributed by atoms with E-state index in [1.54, 1.807) is 0 Å². The quantitative estimate of drug-likeness (QED) is 0.294. The number of carbonyl (C=O) groups excluding carboxylic acids is 1. The molecule has 0 aliphatic carbocycles. The minimum absolute atomic E-state index is 0.0182. The molecule has 2 atom stereocenters. The fraction of sp³-hybridized carbons (Fsp3) is 0.600. The zero-order chi connectivity index (χ0) is 15.7. The first-order chi connectivity index (χ1) is 9.23. The Morgan fingerprint density at radius 2 is 1.60 bits per heavy atom. The molecule has 2 amide bonds. The van der Waals surface area contributed by atoms with Gasteiger partial charge in [0.15, 0.2) is 0 Å². The first-order valence-corrected chi connectivity index (χ1v) is 5.71. The summed E-state index contributed by atoms with van der Waals surface area (Å²) in [6, 6.07) is -3.29. The van der Waals surface area contributed by atoms with Crippen LogP contribution in [-0.4, -0.2) is 57.9 Å². The molecule has 0 spiro atoms. The molecule has 0 aliphatic rings. The lowest BCUT2D eigenvalue weighted by Crippen LogP contribution is -2.47. The van der Waals surface area contributed by atoms with Crippen molar-refractivity contribution in [2.75, 3.05) is 6.54 Å². The Kier molecular flexibility index (Phi) is 7.67. The Hall–Kier alpha value is -2.36.